The monoisotopic (exact) mass is 406 g/mol. The molecule has 0 atom stereocenters. The van der Waals surface area contributed by atoms with Crippen molar-refractivity contribution >= 4 is 34.8 Å². The minimum atomic E-state index is -0.462. The number of aromatic nitrogens is 4. The Bertz CT molecular complexity index is 962. The Morgan fingerprint density at radius 1 is 1.22 bits per heavy atom. The second-order valence-electron chi connectivity index (χ2n) is 5.56. The van der Waals surface area contributed by atoms with Gasteiger partial charge in [-0.3, -0.25) is 9.36 Å². The summed E-state index contributed by atoms with van der Waals surface area (Å²) in [5, 5.41) is 11.6. The number of carbonyl (C=O) groups excluding carboxylic acids is 1. The lowest BCUT2D eigenvalue weighted by atomic mass is 10.1. The number of methoxy groups -OCH3 is 1. The lowest BCUT2D eigenvalue weighted by Gasteiger charge is -2.13. The molecule has 1 amide bonds. The highest BCUT2D eigenvalue weighted by Crippen LogP contribution is 2.30. The van der Waals surface area contributed by atoms with Crippen molar-refractivity contribution in [3.05, 3.63) is 63.8 Å². The molecule has 3 N–H and O–H groups in total. The van der Waals surface area contributed by atoms with E-state index in [1.807, 2.05) is 0 Å². The van der Waals surface area contributed by atoms with Crippen LogP contribution >= 0.6 is 23.2 Å². The highest BCUT2D eigenvalue weighted by atomic mass is 35.5. The summed E-state index contributed by atoms with van der Waals surface area (Å²) in [5.41, 5.74) is 7.61. The molecule has 2 aromatic heterocycles. The van der Waals surface area contributed by atoms with E-state index in [1.165, 1.54) is 0 Å². The first-order chi connectivity index (χ1) is 13.0. The fraction of sp³-hybridized carbons (Fsp3) is 0.176. The smallest absolute Gasteiger partial charge is 0.276 e. The van der Waals surface area contributed by atoms with Gasteiger partial charge in [0.2, 0.25) is 0 Å². The number of carbonyl (C=O) groups is 1. The number of ether oxygens (including phenoxy) is 1. The van der Waals surface area contributed by atoms with Gasteiger partial charge < -0.3 is 15.8 Å². The second kappa shape index (κ2) is 8.45. The molecule has 0 bridgehead atoms. The Labute approximate surface area is 165 Å². The summed E-state index contributed by atoms with van der Waals surface area (Å²) in [5.74, 6) is 0.0509. The summed E-state index contributed by atoms with van der Waals surface area (Å²) in [6.07, 6.45) is 4.92. The molecule has 0 aliphatic rings. The minimum Gasteiger partial charge on any atom is -0.380 e. The summed E-state index contributed by atoms with van der Waals surface area (Å²) >= 11 is 12.1. The molecule has 0 saturated heterocycles. The van der Waals surface area contributed by atoms with Gasteiger partial charge >= 0.3 is 0 Å². The number of anilines is 1. The highest BCUT2D eigenvalue weighted by molar-refractivity contribution is 6.42. The number of imidazole rings is 1. The molecule has 0 aliphatic carbocycles. The van der Waals surface area contributed by atoms with Crippen LogP contribution in [0.15, 0.2) is 36.9 Å². The van der Waals surface area contributed by atoms with Crippen LogP contribution in [0.1, 0.15) is 21.6 Å². The standard InChI is InChI=1S/C17H16Cl2N6O2/c1-27-8-11-4-12(18)13(19)6-14(11)22-17(26)16-10(7-20)5-15(23-24-16)25-3-2-21-9-25/h2-6,9H,7-8,20H2,1H3,(H,22,26). The first-order valence-electron chi connectivity index (χ1n) is 7.86. The Kier molecular flexibility index (Phi) is 6.02. The van der Waals surface area contributed by atoms with Crippen molar-refractivity contribution in [2.24, 2.45) is 5.73 Å². The normalized spacial score (nSPS) is 10.8. The molecule has 0 saturated carbocycles. The maximum atomic E-state index is 12.7. The topological polar surface area (TPSA) is 108 Å². The third-order valence-electron chi connectivity index (χ3n) is 3.76. The predicted molar refractivity (Wildman–Crippen MR) is 102 cm³/mol. The van der Waals surface area contributed by atoms with E-state index < -0.39 is 5.91 Å². The van der Waals surface area contributed by atoms with Crippen LogP contribution in [0.25, 0.3) is 5.82 Å². The van der Waals surface area contributed by atoms with Crippen LogP contribution in [0, 0.1) is 0 Å². The molecule has 0 spiro atoms. The molecular formula is C17H16Cl2N6O2. The van der Waals surface area contributed by atoms with Crippen molar-refractivity contribution in [1.82, 2.24) is 19.7 Å². The average molecular weight is 407 g/mol. The van der Waals surface area contributed by atoms with Crippen molar-refractivity contribution in [2.45, 2.75) is 13.2 Å². The van der Waals surface area contributed by atoms with Gasteiger partial charge in [-0.2, -0.15) is 0 Å². The molecule has 27 heavy (non-hydrogen) atoms. The van der Waals surface area contributed by atoms with E-state index in [9.17, 15) is 4.79 Å². The minimum absolute atomic E-state index is 0.117. The average Bonchev–Trinajstić information content (AvgIpc) is 3.20. The van der Waals surface area contributed by atoms with Gasteiger partial charge in [0, 0.05) is 42.9 Å². The zero-order valence-corrected chi connectivity index (χ0v) is 15.8. The first-order valence-corrected chi connectivity index (χ1v) is 8.62. The van der Waals surface area contributed by atoms with E-state index >= 15 is 0 Å². The number of amides is 1. The van der Waals surface area contributed by atoms with Crippen molar-refractivity contribution in [3.63, 3.8) is 0 Å². The van der Waals surface area contributed by atoms with Gasteiger partial charge in [0.25, 0.3) is 5.91 Å². The van der Waals surface area contributed by atoms with E-state index in [4.69, 9.17) is 33.7 Å². The Morgan fingerprint density at radius 2 is 2.00 bits per heavy atom. The van der Waals surface area contributed by atoms with E-state index in [1.54, 1.807) is 48.6 Å². The molecule has 8 nitrogen and oxygen atoms in total. The maximum absolute atomic E-state index is 12.7. The SMILES string of the molecule is COCc1cc(Cl)c(Cl)cc1NC(=O)c1nnc(-n2ccnc2)cc1CN. The number of rotatable bonds is 6. The van der Waals surface area contributed by atoms with Crippen LogP contribution in [0.2, 0.25) is 10.0 Å². The summed E-state index contributed by atoms with van der Waals surface area (Å²) < 4.78 is 6.81. The molecule has 10 heteroatoms. The van der Waals surface area contributed by atoms with E-state index in [-0.39, 0.29) is 18.8 Å². The van der Waals surface area contributed by atoms with Gasteiger partial charge in [0.15, 0.2) is 11.5 Å². The number of nitrogens with one attached hydrogen (secondary N) is 1. The molecule has 2 heterocycles. The largest absolute Gasteiger partial charge is 0.380 e. The van der Waals surface area contributed by atoms with Crippen LogP contribution in [-0.4, -0.2) is 32.8 Å². The van der Waals surface area contributed by atoms with Gasteiger partial charge in [-0.1, -0.05) is 23.2 Å². The lowest BCUT2D eigenvalue weighted by Crippen LogP contribution is -2.20. The predicted octanol–water partition coefficient (Wildman–Crippen LogP) is 2.83. The second-order valence-corrected chi connectivity index (χ2v) is 6.38. The van der Waals surface area contributed by atoms with E-state index in [0.717, 1.165) is 0 Å². The number of benzene rings is 1. The molecule has 3 rings (SSSR count). The van der Waals surface area contributed by atoms with Crippen LogP contribution in [0.3, 0.4) is 0 Å². The molecular weight excluding hydrogens is 391 g/mol. The fourth-order valence-electron chi connectivity index (χ4n) is 2.45. The summed E-state index contributed by atoms with van der Waals surface area (Å²) in [6, 6.07) is 4.89. The molecule has 0 unspecified atom stereocenters. The van der Waals surface area contributed by atoms with Crippen molar-refractivity contribution in [3.8, 4) is 5.82 Å². The van der Waals surface area contributed by atoms with Crippen LogP contribution in [-0.2, 0) is 17.9 Å². The van der Waals surface area contributed by atoms with E-state index in [2.05, 4.69) is 20.5 Å². The van der Waals surface area contributed by atoms with Gasteiger partial charge in [0.05, 0.1) is 16.7 Å². The van der Waals surface area contributed by atoms with Crippen LogP contribution < -0.4 is 11.1 Å². The lowest BCUT2D eigenvalue weighted by molar-refractivity contribution is 0.102. The third kappa shape index (κ3) is 4.25. The maximum Gasteiger partial charge on any atom is 0.276 e. The van der Waals surface area contributed by atoms with Crippen molar-refractivity contribution < 1.29 is 9.53 Å². The molecule has 0 fully saturated rings. The van der Waals surface area contributed by atoms with Crippen LogP contribution in [0.4, 0.5) is 5.69 Å². The van der Waals surface area contributed by atoms with Gasteiger partial charge in [-0.05, 0) is 18.2 Å². The van der Waals surface area contributed by atoms with Crippen LogP contribution in [0.5, 0.6) is 0 Å². The fourth-order valence-corrected chi connectivity index (χ4v) is 2.80. The quantitative estimate of drug-likeness (QED) is 0.651. The molecule has 0 radical (unpaired) electrons. The highest BCUT2D eigenvalue weighted by Gasteiger charge is 2.17. The number of nitrogens with two attached hydrogens (primary N) is 1. The van der Waals surface area contributed by atoms with Gasteiger partial charge in [-0.15, -0.1) is 10.2 Å². The van der Waals surface area contributed by atoms with Crippen molar-refractivity contribution in [1.29, 1.82) is 0 Å². The summed E-state index contributed by atoms with van der Waals surface area (Å²) in [6.45, 7) is 0.369. The van der Waals surface area contributed by atoms with Gasteiger partial charge in [-0.25, -0.2) is 4.98 Å². The Hall–Kier alpha value is -2.52. The summed E-state index contributed by atoms with van der Waals surface area (Å²) in [4.78, 5) is 16.7. The first kappa shape index (κ1) is 19.2. The zero-order chi connectivity index (χ0) is 19.4. The Balaban J connectivity index is 1.91. The van der Waals surface area contributed by atoms with Gasteiger partial charge in [0.1, 0.15) is 6.33 Å². The number of hydrogen-bond donors (Lipinski definition) is 2. The Morgan fingerprint density at radius 3 is 2.67 bits per heavy atom. The molecule has 3 aromatic rings. The van der Waals surface area contributed by atoms with Crippen molar-refractivity contribution in [2.75, 3.05) is 12.4 Å². The number of hydrogen-bond acceptors (Lipinski definition) is 6. The number of halogens is 2. The zero-order valence-electron chi connectivity index (χ0n) is 14.3. The molecule has 0 aliphatic heterocycles. The molecule has 140 valence electrons. The molecule has 1 aromatic carbocycles. The third-order valence-corrected chi connectivity index (χ3v) is 4.48. The van der Waals surface area contributed by atoms with E-state index in [0.29, 0.717) is 32.7 Å². The summed E-state index contributed by atoms with van der Waals surface area (Å²) in [7, 11) is 1.54. The number of nitrogens with zero attached hydrogens (tertiary/aromatic N) is 4.